The molecule has 0 aliphatic heterocycles. The van der Waals surface area contributed by atoms with Gasteiger partial charge in [0.1, 0.15) is 11.6 Å². The number of rotatable bonds is 4. The first-order valence-corrected chi connectivity index (χ1v) is 6.41. The first-order chi connectivity index (χ1) is 8.65. The third kappa shape index (κ3) is 2.49. The molecule has 0 amide bonds. The van der Waals surface area contributed by atoms with Gasteiger partial charge >= 0.3 is 0 Å². The quantitative estimate of drug-likeness (QED) is 0.866. The zero-order valence-electron chi connectivity index (χ0n) is 10.6. The van der Waals surface area contributed by atoms with Crippen LogP contribution in [0.4, 0.5) is 4.39 Å². The highest BCUT2D eigenvalue weighted by molar-refractivity contribution is 5.37. The van der Waals surface area contributed by atoms with Crippen LogP contribution in [-0.4, -0.2) is 18.3 Å². The molecule has 0 radical (unpaired) electrons. The van der Waals surface area contributed by atoms with E-state index in [1.165, 1.54) is 13.2 Å². The molecule has 0 spiro atoms. The van der Waals surface area contributed by atoms with E-state index >= 15 is 0 Å². The molecular weight excluding hydrogens is 233 g/mol. The second-order valence-corrected chi connectivity index (χ2v) is 4.92. The number of aliphatic hydroxyl groups excluding tert-OH is 1. The molecule has 1 aromatic carbocycles. The molecule has 0 aromatic heterocycles. The highest BCUT2D eigenvalue weighted by Gasteiger charge is 2.31. The second kappa shape index (κ2) is 5.67. The van der Waals surface area contributed by atoms with E-state index in [0.717, 1.165) is 25.7 Å². The largest absolute Gasteiger partial charge is 0.496 e. The average molecular weight is 253 g/mol. The van der Waals surface area contributed by atoms with Crippen LogP contribution < -0.4 is 10.5 Å². The molecule has 2 rings (SSSR count). The molecule has 18 heavy (non-hydrogen) atoms. The van der Waals surface area contributed by atoms with Crippen LogP contribution in [0.2, 0.25) is 0 Å². The number of ether oxygens (including phenoxy) is 1. The van der Waals surface area contributed by atoms with Crippen molar-refractivity contribution in [2.45, 2.75) is 37.8 Å². The van der Waals surface area contributed by atoms with Crippen molar-refractivity contribution in [3.8, 4) is 5.75 Å². The lowest BCUT2D eigenvalue weighted by Gasteiger charge is -2.26. The molecular formula is C14H20FNO2. The van der Waals surface area contributed by atoms with Gasteiger partial charge < -0.3 is 15.6 Å². The van der Waals surface area contributed by atoms with Gasteiger partial charge in [-0.05, 0) is 30.9 Å². The Balaban J connectivity index is 2.24. The summed E-state index contributed by atoms with van der Waals surface area (Å²) in [6.07, 6.45) is 3.45. The summed E-state index contributed by atoms with van der Waals surface area (Å²) in [5.74, 6) is 0.155. The van der Waals surface area contributed by atoms with Gasteiger partial charge in [0.15, 0.2) is 0 Å². The van der Waals surface area contributed by atoms with Crippen molar-refractivity contribution >= 4 is 0 Å². The predicted octanol–water partition coefficient (Wildman–Crippen LogP) is 2.39. The van der Waals surface area contributed by atoms with Gasteiger partial charge in [-0.2, -0.15) is 0 Å². The molecule has 0 heterocycles. The number of halogens is 1. The lowest BCUT2D eigenvalue weighted by atomic mass is 9.90. The molecule has 0 bridgehead atoms. The van der Waals surface area contributed by atoms with Crippen molar-refractivity contribution in [2.75, 3.05) is 7.11 Å². The molecule has 1 aliphatic carbocycles. The highest BCUT2D eigenvalue weighted by atomic mass is 19.1. The maximum atomic E-state index is 13.9. The van der Waals surface area contributed by atoms with Crippen molar-refractivity contribution in [3.05, 3.63) is 29.6 Å². The summed E-state index contributed by atoms with van der Waals surface area (Å²) in [6, 6.07) is 3.86. The molecule has 3 N–H and O–H groups in total. The molecule has 2 atom stereocenters. The van der Waals surface area contributed by atoms with Gasteiger partial charge in [-0.15, -0.1) is 0 Å². The summed E-state index contributed by atoms with van der Waals surface area (Å²) in [7, 11) is 1.48. The monoisotopic (exact) mass is 253 g/mol. The van der Waals surface area contributed by atoms with Crippen LogP contribution in [0.5, 0.6) is 5.75 Å². The van der Waals surface area contributed by atoms with Crippen molar-refractivity contribution in [1.82, 2.24) is 0 Å². The van der Waals surface area contributed by atoms with Crippen LogP contribution >= 0.6 is 0 Å². The van der Waals surface area contributed by atoms with Gasteiger partial charge in [0.25, 0.3) is 0 Å². The minimum atomic E-state index is -0.732. The van der Waals surface area contributed by atoms with E-state index in [4.69, 9.17) is 10.5 Å². The SMILES string of the molecule is COc1cccc(F)c1[C@@H](N)[C@@H](O)C1CCCC1. The van der Waals surface area contributed by atoms with Gasteiger partial charge in [-0.1, -0.05) is 18.9 Å². The summed E-state index contributed by atoms with van der Waals surface area (Å²) in [6.45, 7) is 0. The predicted molar refractivity (Wildman–Crippen MR) is 67.8 cm³/mol. The molecule has 0 saturated heterocycles. The maximum Gasteiger partial charge on any atom is 0.131 e. The third-order valence-electron chi connectivity index (χ3n) is 3.82. The Bertz CT molecular complexity index is 405. The maximum absolute atomic E-state index is 13.9. The van der Waals surface area contributed by atoms with Gasteiger partial charge in [-0.25, -0.2) is 4.39 Å². The van der Waals surface area contributed by atoms with E-state index in [-0.39, 0.29) is 11.5 Å². The van der Waals surface area contributed by atoms with Crippen molar-refractivity contribution in [1.29, 1.82) is 0 Å². The number of nitrogens with two attached hydrogens (primary N) is 1. The number of aliphatic hydroxyl groups is 1. The van der Waals surface area contributed by atoms with E-state index in [9.17, 15) is 9.50 Å². The van der Waals surface area contributed by atoms with Crippen molar-refractivity contribution in [3.63, 3.8) is 0 Å². The van der Waals surface area contributed by atoms with Gasteiger partial charge in [0, 0.05) is 5.56 Å². The Labute approximate surface area is 107 Å². The Hall–Kier alpha value is -1.13. The molecule has 1 aliphatic rings. The molecule has 3 nitrogen and oxygen atoms in total. The Kier molecular flexibility index (Phi) is 4.19. The van der Waals surface area contributed by atoms with Crippen molar-refractivity contribution < 1.29 is 14.2 Å². The zero-order valence-corrected chi connectivity index (χ0v) is 10.6. The number of benzene rings is 1. The lowest BCUT2D eigenvalue weighted by Crippen LogP contribution is -2.32. The van der Waals surface area contributed by atoms with Crippen LogP contribution in [-0.2, 0) is 0 Å². The van der Waals surface area contributed by atoms with Crippen LogP contribution in [0.1, 0.15) is 37.3 Å². The summed E-state index contributed by atoms with van der Waals surface area (Å²) in [5.41, 5.74) is 6.30. The lowest BCUT2D eigenvalue weighted by molar-refractivity contribution is 0.0823. The topological polar surface area (TPSA) is 55.5 Å². The van der Waals surface area contributed by atoms with Gasteiger partial charge in [-0.3, -0.25) is 0 Å². The fourth-order valence-electron chi connectivity index (χ4n) is 2.78. The number of methoxy groups -OCH3 is 1. The van der Waals surface area contributed by atoms with Crippen molar-refractivity contribution in [2.24, 2.45) is 11.7 Å². The summed E-state index contributed by atoms with van der Waals surface area (Å²) in [4.78, 5) is 0. The van der Waals surface area contributed by atoms with Gasteiger partial charge in [0.05, 0.1) is 19.3 Å². The summed E-state index contributed by atoms with van der Waals surface area (Å²) in [5, 5.41) is 10.3. The Morgan fingerprint density at radius 3 is 2.67 bits per heavy atom. The van der Waals surface area contributed by atoms with Crippen LogP contribution in [0.3, 0.4) is 0 Å². The molecule has 1 saturated carbocycles. The van der Waals surface area contributed by atoms with Gasteiger partial charge in [0.2, 0.25) is 0 Å². The molecule has 1 fully saturated rings. The highest BCUT2D eigenvalue weighted by Crippen LogP contribution is 2.36. The fraction of sp³-hybridized carbons (Fsp3) is 0.571. The second-order valence-electron chi connectivity index (χ2n) is 4.92. The third-order valence-corrected chi connectivity index (χ3v) is 3.82. The first-order valence-electron chi connectivity index (χ1n) is 6.41. The van der Waals surface area contributed by atoms with Crippen LogP contribution in [0, 0.1) is 11.7 Å². The van der Waals surface area contributed by atoms with Crippen LogP contribution in [0.15, 0.2) is 18.2 Å². The molecule has 100 valence electrons. The van der Waals surface area contributed by atoms with E-state index < -0.39 is 18.0 Å². The first kappa shape index (κ1) is 13.3. The van der Waals surface area contributed by atoms with E-state index in [0.29, 0.717) is 5.75 Å². The average Bonchev–Trinajstić information content (AvgIpc) is 2.90. The Morgan fingerprint density at radius 2 is 2.06 bits per heavy atom. The minimum absolute atomic E-state index is 0.171. The van der Waals surface area contributed by atoms with E-state index in [1.807, 2.05) is 0 Å². The summed E-state index contributed by atoms with van der Waals surface area (Å²) >= 11 is 0. The smallest absolute Gasteiger partial charge is 0.131 e. The zero-order chi connectivity index (χ0) is 13.1. The van der Waals surface area contributed by atoms with E-state index in [2.05, 4.69) is 0 Å². The standard InChI is InChI=1S/C14H20FNO2/c1-18-11-8-4-7-10(15)12(11)13(16)14(17)9-5-2-3-6-9/h4,7-9,13-14,17H,2-3,5-6,16H2,1H3/t13-,14+/m1/s1. The van der Waals surface area contributed by atoms with E-state index in [1.54, 1.807) is 12.1 Å². The Morgan fingerprint density at radius 1 is 1.39 bits per heavy atom. The molecule has 4 heteroatoms. The fourth-order valence-corrected chi connectivity index (χ4v) is 2.78. The minimum Gasteiger partial charge on any atom is -0.496 e. The number of hydrogen-bond acceptors (Lipinski definition) is 3. The number of hydrogen-bond donors (Lipinski definition) is 2. The normalized spacial score (nSPS) is 19.8. The molecule has 0 unspecified atom stereocenters. The molecule has 1 aromatic rings. The summed E-state index contributed by atoms with van der Waals surface area (Å²) < 4.78 is 19.0. The van der Waals surface area contributed by atoms with Crippen LogP contribution in [0.25, 0.3) is 0 Å².